The summed E-state index contributed by atoms with van der Waals surface area (Å²) in [6.07, 6.45) is 6.96. The zero-order chi connectivity index (χ0) is 24.7. The van der Waals surface area contributed by atoms with E-state index in [0.29, 0.717) is 0 Å². The van der Waals surface area contributed by atoms with Gasteiger partial charge in [0.05, 0.1) is 5.60 Å². The minimum Gasteiger partial charge on any atom is -0.514 e. The van der Waals surface area contributed by atoms with Crippen LogP contribution in [0.15, 0.2) is 91.0 Å². The number of likely N-dealkylation sites (tertiary alicyclic amines) is 1. The van der Waals surface area contributed by atoms with Crippen molar-refractivity contribution in [2.75, 3.05) is 13.1 Å². The van der Waals surface area contributed by atoms with Gasteiger partial charge in [-0.3, -0.25) is 4.79 Å². The molecule has 4 rings (SSSR count). The lowest BCUT2D eigenvalue weighted by Crippen LogP contribution is -2.68. The average Bonchev–Trinajstić information content (AvgIpc) is 2.88. The van der Waals surface area contributed by atoms with E-state index in [1.54, 1.807) is 6.08 Å². The number of piperidine rings is 1. The zero-order valence-electron chi connectivity index (χ0n) is 20.9. The van der Waals surface area contributed by atoms with Crippen molar-refractivity contribution in [3.63, 3.8) is 0 Å². The molecule has 4 nitrogen and oxygen atoms in total. The van der Waals surface area contributed by atoms with E-state index < -0.39 is 14.2 Å². The predicted octanol–water partition coefficient (Wildman–Crippen LogP) is 5.16. The highest BCUT2D eigenvalue weighted by atomic mass is 28.4. The van der Waals surface area contributed by atoms with E-state index in [1.165, 1.54) is 6.42 Å². The van der Waals surface area contributed by atoms with Gasteiger partial charge in [-0.1, -0.05) is 72.8 Å². The van der Waals surface area contributed by atoms with Gasteiger partial charge in [-0.2, -0.15) is 0 Å². The maximum absolute atomic E-state index is 12.5. The maximum Gasteiger partial charge on any atom is 0.469 e. The first-order chi connectivity index (χ1) is 16.9. The van der Waals surface area contributed by atoms with Crippen LogP contribution in [0, 0.1) is 0 Å². The van der Waals surface area contributed by atoms with E-state index >= 15 is 0 Å². The van der Waals surface area contributed by atoms with Gasteiger partial charge in [0, 0.05) is 29.5 Å². The molecule has 1 fully saturated rings. The monoisotopic (exact) mass is 485 g/mol. The fourth-order valence-electron chi connectivity index (χ4n) is 4.37. The van der Waals surface area contributed by atoms with Gasteiger partial charge in [-0.05, 0) is 63.8 Å². The van der Waals surface area contributed by atoms with Gasteiger partial charge in [0.15, 0.2) is 0 Å². The van der Waals surface area contributed by atoms with Crippen LogP contribution in [0.25, 0.3) is 6.08 Å². The third kappa shape index (κ3) is 6.50. The summed E-state index contributed by atoms with van der Waals surface area (Å²) in [6.45, 7) is 7.91. The SMILES string of the molecule is CC(C)(C)O[Si](Oc1ccc(C=CC(=O)N2CCCCC2)cc1)(c1ccccc1)c1ccccc1. The van der Waals surface area contributed by atoms with Crippen LogP contribution in [0.5, 0.6) is 5.75 Å². The van der Waals surface area contributed by atoms with E-state index in [0.717, 1.165) is 47.6 Å². The van der Waals surface area contributed by atoms with E-state index in [2.05, 4.69) is 45.0 Å². The van der Waals surface area contributed by atoms with E-state index in [4.69, 9.17) is 8.85 Å². The Morgan fingerprint density at radius 1 is 0.800 bits per heavy atom. The maximum atomic E-state index is 12.5. The molecule has 0 N–H and O–H groups in total. The zero-order valence-corrected chi connectivity index (χ0v) is 21.9. The lowest BCUT2D eigenvalue weighted by atomic mass is 10.1. The number of carbonyl (C=O) groups excluding carboxylic acids is 1. The summed E-state index contributed by atoms with van der Waals surface area (Å²) in [6, 6.07) is 28.4. The Labute approximate surface area is 210 Å². The molecule has 3 aromatic carbocycles. The van der Waals surface area contributed by atoms with Crippen molar-refractivity contribution in [2.24, 2.45) is 0 Å². The molecule has 1 aliphatic rings. The molecule has 0 radical (unpaired) electrons. The largest absolute Gasteiger partial charge is 0.514 e. The normalized spacial score (nSPS) is 14.8. The number of hydrogen-bond donors (Lipinski definition) is 0. The van der Waals surface area contributed by atoms with Crippen LogP contribution in [0.3, 0.4) is 0 Å². The molecule has 182 valence electrons. The molecule has 0 atom stereocenters. The molecular formula is C30H35NO3Si. The van der Waals surface area contributed by atoms with Gasteiger partial charge >= 0.3 is 8.56 Å². The fourth-order valence-corrected chi connectivity index (χ4v) is 7.81. The van der Waals surface area contributed by atoms with Crippen molar-refractivity contribution in [3.8, 4) is 5.75 Å². The van der Waals surface area contributed by atoms with Gasteiger partial charge in [0.1, 0.15) is 5.75 Å². The summed E-state index contributed by atoms with van der Waals surface area (Å²) >= 11 is 0. The molecule has 0 aliphatic carbocycles. The van der Waals surface area contributed by atoms with Crippen molar-refractivity contribution in [1.82, 2.24) is 4.90 Å². The summed E-state index contributed by atoms with van der Waals surface area (Å²) in [5.41, 5.74) is 0.557. The Morgan fingerprint density at radius 2 is 1.34 bits per heavy atom. The second-order valence-electron chi connectivity index (χ2n) is 9.95. The van der Waals surface area contributed by atoms with E-state index in [9.17, 15) is 4.79 Å². The summed E-state index contributed by atoms with van der Waals surface area (Å²) in [4.78, 5) is 14.4. The fraction of sp³-hybridized carbons (Fsp3) is 0.300. The highest BCUT2D eigenvalue weighted by Gasteiger charge is 2.47. The Morgan fingerprint density at radius 3 is 1.86 bits per heavy atom. The van der Waals surface area contributed by atoms with Crippen LogP contribution in [0.1, 0.15) is 45.6 Å². The van der Waals surface area contributed by atoms with Crippen LogP contribution in [0.4, 0.5) is 0 Å². The van der Waals surface area contributed by atoms with Crippen LogP contribution in [0.2, 0.25) is 0 Å². The summed E-state index contributed by atoms with van der Waals surface area (Å²) < 4.78 is 13.7. The van der Waals surface area contributed by atoms with Gasteiger partial charge < -0.3 is 13.8 Å². The molecular weight excluding hydrogens is 450 g/mol. The third-order valence-corrected chi connectivity index (χ3v) is 9.60. The Kier molecular flexibility index (Phi) is 7.89. The lowest BCUT2D eigenvalue weighted by molar-refractivity contribution is -0.126. The quantitative estimate of drug-likeness (QED) is 0.343. The first-order valence-corrected chi connectivity index (χ1v) is 14.2. The highest BCUT2D eigenvalue weighted by Crippen LogP contribution is 2.23. The topological polar surface area (TPSA) is 38.8 Å². The molecule has 1 aliphatic heterocycles. The first kappa shape index (κ1) is 25.0. The molecule has 0 bridgehead atoms. The molecule has 35 heavy (non-hydrogen) atoms. The van der Waals surface area contributed by atoms with Crippen molar-refractivity contribution < 1.29 is 13.6 Å². The summed E-state index contributed by atoms with van der Waals surface area (Å²) in [5.74, 6) is 0.830. The van der Waals surface area contributed by atoms with Crippen LogP contribution in [-0.2, 0) is 9.22 Å². The molecule has 0 unspecified atom stereocenters. The molecule has 0 spiro atoms. The Hall–Kier alpha value is -3.15. The van der Waals surface area contributed by atoms with Crippen molar-refractivity contribution in [3.05, 3.63) is 96.6 Å². The Bertz CT molecular complexity index is 1080. The molecule has 0 saturated carbocycles. The second kappa shape index (κ2) is 11.1. The molecule has 5 heteroatoms. The van der Waals surface area contributed by atoms with Crippen molar-refractivity contribution >= 4 is 30.9 Å². The van der Waals surface area contributed by atoms with Gasteiger partial charge in [0.2, 0.25) is 5.91 Å². The van der Waals surface area contributed by atoms with Crippen LogP contribution < -0.4 is 14.8 Å². The lowest BCUT2D eigenvalue weighted by Gasteiger charge is -2.37. The van der Waals surface area contributed by atoms with Gasteiger partial charge in [0.25, 0.3) is 0 Å². The Balaban J connectivity index is 1.62. The molecule has 1 saturated heterocycles. The minimum absolute atomic E-state index is 0.0863. The molecule has 3 aromatic rings. The third-order valence-electron chi connectivity index (χ3n) is 5.99. The van der Waals surface area contributed by atoms with E-state index in [-0.39, 0.29) is 5.91 Å². The van der Waals surface area contributed by atoms with Crippen molar-refractivity contribution in [2.45, 2.75) is 45.6 Å². The number of hydrogen-bond acceptors (Lipinski definition) is 3. The minimum atomic E-state index is -3.08. The van der Waals surface area contributed by atoms with Crippen LogP contribution >= 0.6 is 0 Å². The standard InChI is InChI=1S/C30H35NO3Si/c1-30(2,3)34-35(27-13-7-4-8-14-27,28-15-9-5-10-16-28)33-26-20-17-25(18-21-26)19-22-29(32)31-23-11-6-12-24-31/h4-5,7-10,13-22H,6,11-12,23-24H2,1-3H3. The predicted molar refractivity (Wildman–Crippen MR) is 145 cm³/mol. The molecule has 1 heterocycles. The summed E-state index contributed by atoms with van der Waals surface area (Å²) in [7, 11) is -3.08. The van der Waals surface area contributed by atoms with Crippen molar-refractivity contribution in [1.29, 1.82) is 0 Å². The summed E-state index contributed by atoms with van der Waals surface area (Å²) in [5, 5.41) is 2.11. The van der Waals surface area contributed by atoms with E-state index in [1.807, 2.05) is 71.6 Å². The average molecular weight is 486 g/mol. The highest BCUT2D eigenvalue weighted by molar-refractivity contribution is 6.93. The second-order valence-corrected chi connectivity index (χ2v) is 12.7. The van der Waals surface area contributed by atoms with Crippen LogP contribution in [-0.4, -0.2) is 38.1 Å². The number of rotatable bonds is 7. The number of benzene rings is 3. The number of carbonyl (C=O) groups is 1. The number of nitrogens with zero attached hydrogens (tertiary/aromatic N) is 1. The smallest absolute Gasteiger partial charge is 0.469 e. The first-order valence-electron chi connectivity index (χ1n) is 12.4. The number of amides is 1. The molecule has 0 aromatic heterocycles. The van der Waals surface area contributed by atoms with Gasteiger partial charge in [-0.15, -0.1) is 0 Å². The van der Waals surface area contributed by atoms with Gasteiger partial charge in [-0.25, -0.2) is 0 Å². The molecule has 1 amide bonds.